The van der Waals surface area contributed by atoms with Crippen molar-refractivity contribution in [2.45, 2.75) is 19.3 Å². The van der Waals surface area contributed by atoms with Crippen LogP contribution in [0.5, 0.6) is 0 Å². The Bertz CT molecular complexity index is 651. The van der Waals surface area contributed by atoms with Gasteiger partial charge < -0.3 is 10.2 Å². The third kappa shape index (κ3) is 3.43. The standard InChI is InChI=1S/C16H22N2O3S/c19-16(17-11-13-7-10-22(20,21)12-13)14-5-1-2-6-15(14)18-8-3-4-9-18/h1-2,5-6,13H,3-4,7-12H2,(H,17,19)/t13-/m0/s1. The van der Waals surface area contributed by atoms with Crippen LogP contribution in [0, 0.1) is 5.92 Å². The van der Waals surface area contributed by atoms with Gasteiger partial charge in [0, 0.05) is 25.3 Å². The quantitative estimate of drug-likeness (QED) is 0.911. The summed E-state index contributed by atoms with van der Waals surface area (Å²) in [7, 11) is -2.89. The Morgan fingerprint density at radius 1 is 1.23 bits per heavy atom. The number of hydrogen-bond acceptors (Lipinski definition) is 4. The zero-order valence-corrected chi connectivity index (χ0v) is 13.4. The van der Waals surface area contributed by atoms with Gasteiger partial charge in [0.15, 0.2) is 9.84 Å². The van der Waals surface area contributed by atoms with Gasteiger partial charge in [-0.1, -0.05) is 12.1 Å². The monoisotopic (exact) mass is 322 g/mol. The maximum Gasteiger partial charge on any atom is 0.253 e. The van der Waals surface area contributed by atoms with Gasteiger partial charge in [0.25, 0.3) is 5.91 Å². The molecule has 0 bridgehead atoms. The molecule has 1 N–H and O–H groups in total. The minimum absolute atomic E-state index is 0.0490. The van der Waals surface area contributed by atoms with Gasteiger partial charge in [-0.2, -0.15) is 0 Å². The summed E-state index contributed by atoms with van der Waals surface area (Å²) in [5.74, 6) is 0.388. The second-order valence-electron chi connectivity index (χ2n) is 6.19. The SMILES string of the molecule is O=C(NC[C@@H]1CCS(=O)(=O)C1)c1ccccc1N1CCCC1. The number of sulfone groups is 1. The van der Waals surface area contributed by atoms with Gasteiger partial charge >= 0.3 is 0 Å². The molecule has 120 valence electrons. The van der Waals surface area contributed by atoms with Crippen molar-refractivity contribution in [2.75, 3.05) is 36.0 Å². The number of amides is 1. The molecule has 2 aliphatic heterocycles. The first kappa shape index (κ1) is 15.3. The van der Waals surface area contributed by atoms with Crippen LogP contribution in [0.3, 0.4) is 0 Å². The van der Waals surface area contributed by atoms with Crippen LogP contribution < -0.4 is 10.2 Å². The van der Waals surface area contributed by atoms with Crippen LogP contribution in [-0.4, -0.2) is 45.5 Å². The van der Waals surface area contributed by atoms with Crippen molar-refractivity contribution >= 4 is 21.4 Å². The molecule has 0 spiro atoms. The smallest absolute Gasteiger partial charge is 0.253 e. The molecule has 0 aliphatic carbocycles. The second kappa shape index (κ2) is 6.28. The first-order chi connectivity index (χ1) is 10.6. The zero-order chi connectivity index (χ0) is 15.6. The van der Waals surface area contributed by atoms with Gasteiger partial charge in [0.1, 0.15) is 0 Å². The molecule has 2 aliphatic rings. The van der Waals surface area contributed by atoms with Crippen LogP contribution in [0.1, 0.15) is 29.6 Å². The average Bonchev–Trinajstić information content (AvgIpc) is 3.14. The molecule has 0 saturated carbocycles. The van der Waals surface area contributed by atoms with E-state index in [0.29, 0.717) is 18.5 Å². The van der Waals surface area contributed by atoms with Crippen molar-refractivity contribution in [2.24, 2.45) is 5.92 Å². The van der Waals surface area contributed by atoms with Gasteiger partial charge in [-0.15, -0.1) is 0 Å². The van der Waals surface area contributed by atoms with Gasteiger partial charge in [-0.25, -0.2) is 8.42 Å². The van der Waals surface area contributed by atoms with E-state index in [-0.39, 0.29) is 23.3 Å². The second-order valence-corrected chi connectivity index (χ2v) is 8.42. The Morgan fingerprint density at radius 3 is 2.64 bits per heavy atom. The number of benzene rings is 1. The number of carbonyl (C=O) groups excluding carboxylic acids is 1. The van der Waals surface area contributed by atoms with E-state index in [9.17, 15) is 13.2 Å². The minimum atomic E-state index is -2.89. The van der Waals surface area contributed by atoms with Crippen LogP contribution >= 0.6 is 0 Å². The predicted molar refractivity (Wildman–Crippen MR) is 87.0 cm³/mol. The molecule has 1 atom stereocenters. The fourth-order valence-corrected chi connectivity index (χ4v) is 5.13. The molecule has 1 amide bonds. The highest BCUT2D eigenvalue weighted by Gasteiger charge is 2.28. The summed E-state index contributed by atoms with van der Waals surface area (Å²) < 4.78 is 22.9. The molecule has 1 aromatic carbocycles. The van der Waals surface area contributed by atoms with E-state index in [1.165, 1.54) is 0 Å². The van der Waals surface area contributed by atoms with Crippen molar-refractivity contribution in [3.63, 3.8) is 0 Å². The van der Waals surface area contributed by atoms with E-state index < -0.39 is 9.84 Å². The number of rotatable bonds is 4. The van der Waals surface area contributed by atoms with E-state index in [4.69, 9.17) is 0 Å². The number of anilines is 1. The lowest BCUT2D eigenvalue weighted by molar-refractivity contribution is 0.0949. The number of nitrogens with one attached hydrogen (secondary N) is 1. The molecular formula is C16H22N2O3S. The van der Waals surface area contributed by atoms with Crippen LogP contribution in [0.15, 0.2) is 24.3 Å². The molecule has 6 heteroatoms. The van der Waals surface area contributed by atoms with E-state index in [0.717, 1.165) is 31.6 Å². The molecule has 2 saturated heterocycles. The summed E-state index contributed by atoms with van der Waals surface area (Å²) in [6, 6.07) is 7.65. The molecule has 0 unspecified atom stereocenters. The Morgan fingerprint density at radius 2 is 1.95 bits per heavy atom. The molecule has 0 aromatic heterocycles. The lowest BCUT2D eigenvalue weighted by Crippen LogP contribution is -2.31. The first-order valence-corrected chi connectivity index (χ1v) is 9.70. The molecule has 1 aromatic rings. The van der Waals surface area contributed by atoms with E-state index in [1.807, 2.05) is 24.3 Å². The fraction of sp³-hybridized carbons (Fsp3) is 0.562. The van der Waals surface area contributed by atoms with Gasteiger partial charge in [0.05, 0.1) is 17.1 Å². The lowest BCUT2D eigenvalue weighted by atomic mass is 10.1. The highest BCUT2D eigenvalue weighted by Crippen LogP contribution is 2.24. The minimum Gasteiger partial charge on any atom is -0.371 e. The Hall–Kier alpha value is -1.56. The number of nitrogens with zero attached hydrogens (tertiary/aromatic N) is 1. The van der Waals surface area contributed by atoms with E-state index in [1.54, 1.807) is 0 Å². The molecule has 2 fully saturated rings. The maximum atomic E-state index is 12.5. The molecule has 3 rings (SSSR count). The summed E-state index contributed by atoms with van der Waals surface area (Å²) in [5, 5.41) is 2.91. The number of carbonyl (C=O) groups is 1. The van der Waals surface area contributed by atoms with Crippen molar-refractivity contribution in [3.8, 4) is 0 Å². The highest BCUT2D eigenvalue weighted by atomic mass is 32.2. The van der Waals surface area contributed by atoms with E-state index >= 15 is 0 Å². The van der Waals surface area contributed by atoms with Crippen molar-refractivity contribution in [1.29, 1.82) is 0 Å². The van der Waals surface area contributed by atoms with Gasteiger partial charge in [0.2, 0.25) is 0 Å². The Balaban J connectivity index is 1.65. The summed E-state index contributed by atoms with van der Waals surface area (Å²) in [4.78, 5) is 14.7. The van der Waals surface area contributed by atoms with Crippen LogP contribution in [0.2, 0.25) is 0 Å². The molecule has 22 heavy (non-hydrogen) atoms. The van der Waals surface area contributed by atoms with Crippen molar-refractivity contribution in [1.82, 2.24) is 5.32 Å². The third-order valence-electron chi connectivity index (χ3n) is 4.47. The normalized spacial score (nSPS) is 23.6. The Labute approximate surface area is 131 Å². The third-order valence-corrected chi connectivity index (χ3v) is 6.31. The number of para-hydroxylation sites is 1. The molecule has 5 nitrogen and oxygen atoms in total. The largest absolute Gasteiger partial charge is 0.371 e. The van der Waals surface area contributed by atoms with Crippen molar-refractivity contribution in [3.05, 3.63) is 29.8 Å². The predicted octanol–water partition coefficient (Wildman–Crippen LogP) is 1.45. The van der Waals surface area contributed by atoms with Crippen LogP contribution in [-0.2, 0) is 9.84 Å². The number of hydrogen-bond donors (Lipinski definition) is 1. The van der Waals surface area contributed by atoms with Crippen LogP contribution in [0.4, 0.5) is 5.69 Å². The average molecular weight is 322 g/mol. The zero-order valence-electron chi connectivity index (χ0n) is 12.6. The summed E-state index contributed by atoms with van der Waals surface area (Å²) in [6.07, 6.45) is 2.97. The Kier molecular flexibility index (Phi) is 4.38. The van der Waals surface area contributed by atoms with E-state index in [2.05, 4.69) is 10.2 Å². The first-order valence-electron chi connectivity index (χ1n) is 7.88. The molecular weight excluding hydrogens is 300 g/mol. The summed E-state index contributed by atoms with van der Waals surface area (Å²) in [6.45, 7) is 2.42. The van der Waals surface area contributed by atoms with Gasteiger partial charge in [-0.3, -0.25) is 4.79 Å². The topological polar surface area (TPSA) is 66.5 Å². The lowest BCUT2D eigenvalue weighted by Gasteiger charge is -2.21. The molecule has 2 heterocycles. The maximum absolute atomic E-state index is 12.5. The summed E-state index contributed by atoms with van der Waals surface area (Å²) >= 11 is 0. The van der Waals surface area contributed by atoms with Gasteiger partial charge in [-0.05, 0) is 37.3 Å². The fourth-order valence-electron chi connectivity index (χ4n) is 3.26. The van der Waals surface area contributed by atoms with Crippen molar-refractivity contribution < 1.29 is 13.2 Å². The molecule has 0 radical (unpaired) electrons. The highest BCUT2D eigenvalue weighted by molar-refractivity contribution is 7.91. The van der Waals surface area contributed by atoms with Crippen LogP contribution in [0.25, 0.3) is 0 Å². The summed E-state index contributed by atoms with van der Waals surface area (Å²) in [5.41, 5.74) is 1.67.